The van der Waals surface area contributed by atoms with Crippen molar-refractivity contribution in [1.29, 1.82) is 5.26 Å². The number of hydrogen-bond acceptors (Lipinski definition) is 3. The van der Waals surface area contributed by atoms with Crippen LogP contribution >= 0.6 is 11.8 Å². The van der Waals surface area contributed by atoms with Crippen LogP contribution < -0.4 is 0 Å². The number of carbonyl (C=O) groups excluding carboxylic acids is 1. The van der Waals surface area contributed by atoms with Crippen molar-refractivity contribution in [3.63, 3.8) is 0 Å². The molecule has 1 aromatic carbocycles. The summed E-state index contributed by atoms with van der Waals surface area (Å²) in [5.74, 6) is 1.02. The summed E-state index contributed by atoms with van der Waals surface area (Å²) in [6.07, 6.45) is 0. The van der Waals surface area contributed by atoms with Gasteiger partial charge in [0.05, 0.1) is 11.6 Å². The molecule has 1 aromatic rings. The van der Waals surface area contributed by atoms with Crippen LogP contribution in [0.25, 0.3) is 0 Å². The van der Waals surface area contributed by atoms with Crippen LogP contribution in [-0.2, 0) is 0 Å². The predicted octanol–water partition coefficient (Wildman–Crippen LogP) is 2.52. The fourth-order valence-corrected chi connectivity index (χ4v) is 3.21. The first-order valence-corrected chi connectivity index (χ1v) is 7.11. The second-order valence-corrected chi connectivity index (χ2v) is 5.99. The molecule has 0 aliphatic carbocycles. The third kappa shape index (κ3) is 2.51. The van der Waals surface area contributed by atoms with E-state index in [0.717, 1.165) is 12.3 Å². The first kappa shape index (κ1) is 13.0. The van der Waals surface area contributed by atoms with Gasteiger partial charge in [-0.3, -0.25) is 4.79 Å². The Morgan fingerprint density at radius 3 is 3.00 bits per heavy atom. The molecule has 1 aliphatic heterocycles. The summed E-state index contributed by atoms with van der Waals surface area (Å²) >= 11 is 1.90. The molecular weight excluding hydrogens is 244 g/mol. The number of amides is 1. The van der Waals surface area contributed by atoms with Crippen LogP contribution in [0.4, 0.5) is 0 Å². The lowest BCUT2D eigenvalue weighted by molar-refractivity contribution is 0.0698. The highest BCUT2D eigenvalue weighted by Crippen LogP contribution is 2.25. The molecule has 1 heterocycles. The van der Waals surface area contributed by atoms with E-state index in [1.54, 1.807) is 24.3 Å². The van der Waals surface area contributed by atoms with Gasteiger partial charge < -0.3 is 4.90 Å². The van der Waals surface area contributed by atoms with Crippen LogP contribution in [0.2, 0.25) is 0 Å². The molecule has 0 radical (unpaired) electrons. The smallest absolute Gasteiger partial charge is 0.254 e. The average molecular weight is 260 g/mol. The molecule has 4 heteroatoms. The topological polar surface area (TPSA) is 44.1 Å². The molecule has 1 fully saturated rings. The number of rotatable bonds is 1. The zero-order valence-corrected chi connectivity index (χ0v) is 11.4. The van der Waals surface area contributed by atoms with Gasteiger partial charge in [-0.2, -0.15) is 17.0 Å². The van der Waals surface area contributed by atoms with Crippen LogP contribution in [0.15, 0.2) is 24.3 Å². The van der Waals surface area contributed by atoms with Gasteiger partial charge in [0.25, 0.3) is 5.91 Å². The van der Waals surface area contributed by atoms with Crippen molar-refractivity contribution in [2.75, 3.05) is 12.3 Å². The van der Waals surface area contributed by atoms with E-state index in [1.165, 1.54) is 0 Å². The lowest BCUT2D eigenvalue weighted by Gasteiger charge is -2.37. The molecule has 0 spiro atoms. The predicted molar refractivity (Wildman–Crippen MR) is 73.6 cm³/mol. The minimum Gasteiger partial charge on any atom is -0.334 e. The summed E-state index contributed by atoms with van der Waals surface area (Å²) in [4.78, 5) is 14.3. The van der Waals surface area contributed by atoms with Gasteiger partial charge in [-0.25, -0.2) is 0 Å². The molecule has 2 unspecified atom stereocenters. The van der Waals surface area contributed by atoms with Gasteiger partial charge in [0.2, 0.25) is 0 Å². The number of nitrogens with zero attached hydrogens (tertiary/aromatic N) is 2. The third-order valence-corrected chi connectivity index (χ3v) is 4.72. The van der Waals surface area contributed by atoms with Crippen molar-refractivity contribution in [2.24, 2.45) is 0 Å². The number of benzene rings is 1. The SMILES string of the molecule is CC1SCCN(C(=O)c2cccc(C#N)c2)C1C. The van der Waals surface area contributed by atoms with Gasteiger partial charge in [-0.05, 0) is 25.1 Å². The van der Waals surface area contributed by atoms with Crippen molar-refractivity contribution < 1.29 is 4.79 Å². The Hall–Kier alpha value is -1.47. The standard InChI is InChI=1S/C14H16N2OS/c1-10-11(2)18-7-6-16(10)14(17)13-5-3-4-12(8-13)9-15/h3-5,8,10-11H,6-7H2,1-2H3. The number of carbonyl (C=O) groups is 1. The Kier molecular flexibility index (Phi) is 3.93. The Labute approximate surface area is 112 Å². The first-order chi connectivity index (χ1) is 8.63. The molecule has 0 N–H and O–H groups in total. The van der Waals surface area contributed by atoms with Crippen molar-refractivity contribution in [1.82, 2.24) is 4.90 Å². The van der Waals surface area contributed by atoms with Crippen molar-refractivity contribution in [3.05, 3.63) is 35.4 Å². The summed E-state index contributed by atoms with van der Waals surface area (Å²) in [6.45, 7) is 5.02. The molecule has 1 saturated heterocycles. The normalized spacial score (nSPS) is 23.5. The summed E-state index contributed by atoms with van der Waals surface area (Å²) in [5.41, 5.74) is 1.15. The largest absolute Gasteiger partial charge is 0.334 e. The Morgan fingerprint density at radius 2 is 2.28 bits per heavy atom. The highest BCUT2D eigenvalue weighted by Gasteiger charge is 2.29. The van der Waals surface area contributed by atoms with Crippen molar-refractivity contribution in [2.45, 2.75) is 25.1 Å². The van der Waals surface area contributed by atoms with Gasteiger partial charge in [0.15, 0.2) is 0 Å². The van der Waals surface area contributed by atoms with Crippen LogP contribution in [0.3, 0.4) is 0 Å². The van der Waals surface area contributed by atoms with Crippen LogP contribution in [0.5, 0.6) is 0 Å². The van der Waals surface area contributed by atoms with E-state index in [1.807, 2.05) is 16.7 Å². The van der Waals surface area contributed by atoms with Crippen LogP contribution in [0, 0.1) is 11.3 Å². The van der Waals surface area contributed by atoms with E-state index >= 15 is 0 Å². The molecule has 1 amide bonds. The minimum absolute atomic E-state index is 0.0340. The molecule has 2 atom stereocenters. The monoisotopic (exact) mass is 260 g/mol. The van der Waals surface area contributed by atoms with Crippen LogP contribution in [0.1, 0.15) is 29.8 Å². The molecule has 0 bridgehead atoms. The maximum atomic E-state index is 12.4. The van der Waals surface area contributed by atoms with Gasteiger partial charge >= 0.3 is 0 Å². The summed E-state index contributed by atoms with van der Waals surface area (Å²) in [5, 5.41) is 9.33. The lowest BCUT2D eigenvalue weighted by atomic mass is 10.1. The quantitative estimate of drug-likeness (QED) is 0.779. The summed E-state index contributed by atoms with van der Waals surface area (Å²) < 4.78 is 0. The molecule has 0 aromatic heterocycles. The highest BCUT2D eigenvalue weighted by molar-refractivity contribution is 8.00. The number of thioether (sulfide) groups is 1. The summed E-state index contributed by atoms with van der Waals surface area (Å²) in [6, 6.07) is 9.24. The Balaban J connectivity index is 2.22. The molecule has 0 saturated carbocycles. The molecule has 1 aliphatic rings. The second kappa shape index (κ2) is 5.45. The molecule has 18 heavy (non-hydrogen) atoms. The fourth-order valence-electron chi connectivity index (χ4n) is 2.11. The summed E-state index contributed by atoms with van der Waals surface area (Å²) in [7, 11) is 0. The molecular formula is C14H16N2OS. The molecule has 94 valence electrons. The van der Waals surface area contributed by atoms with Gasteiger partial charge in [0, 0.05) is 29.2 Å². The number of hydrogen-bond donors (Lipinski definition) is 0. The van der Waals surface area contributed by atoms with E-state index in [-0.39, 0.29) is 11.9 Å². The van der Waals surface area contributed by atoms with Gasteiger partial charge in [-0.15, -0.1) is 0 Å². The maximum absolute atomic E-state index is 12.4. The Bertz CT molecular complexity index is 495. The molecule has 3 nitrogen and oxygen atoms in total. The van der Waals surface area contributed by atoms with E-state index in [4.69, 9.17) is 5.26 Å². The zero-order valence-electron chi connectivity index (χ0n) is 10.6. The van der Waals surface area contributed by atoms with E-state index < -0.39 is 0 Å². The van der Waals surface area contributed by atoms with Crippen molar-refractivity contribution in [3.8, 4) is 6.07 Å². The average Bonchev–Trinajstić information content (AvgIpc) is 2.41. The molecule has 2 rings (SSSR count). The fraction of sp³-hybridized carbons (Fsp3) is 0.429. The lowest BCUT2D eigenvalue weighted by Crippen LogP contribution is -2.47. The van der Waals surface area contributed by atoms with E-state index in [9.17, 15) is 4.79 Å². The van der Waals surface area contributed by atoms with Crippen molar-refractivity contribution >= 4 is 17.7 Å². The van der Waals surface area contributed by atoms with E-state index in [2.05, 4.69) is 19.9 Å². The highest BCUT2D eigenvalue weighted by atomic mass is 32.2. The Morgan fingerprint density at radius 1 is 1.50 bits per heavy atom. The zero-order chi connectivity index (χ0) is 13.1. The minimum atomic E-state index is 0.0340. The van der Waals surface area contributed by atoms with Gasteiger partial charge in [-0.1, -0.05) is 13.0 Å². The third-order valence-electron chi connectivity index (χ3n) is 3.38. The maximum Gasteiger partial charge on any atom is 0.254 e. The second-order valence-electron chi connectivity index (χ2n) is 4.51. The van der Waals surface area contributed by atoms with Crippen LogP contribution in [-0.4, -0.2) is 34.4 Å². The number of nitriles is 1. The van der Waals surface area contributed by atoms with E-state index in [0.29, 0.717) is 16.4 Å². The first-order valence-electron chi connectivity index (χ1n) is 6.06. The van der Waals surface area contributed by atoms with Gasteiger partial charge in [0.1, 0.15) is 0 Å².